The van der Waals surface area contributed by atoms with Crippen LogP contribution in [0.15, 0.2) is 0 Å². The number of carboxylic acids is 1. The standard InChI is InChI=1S/C11H20N2O4/c1-3-17-5-4-12-11(16)13-6-8(2)9(7-13)10(14)15/h8-9H,3-7H2,1-2H3,(H,12,16)(H,14,15)/t8-,9-/m1/s1. The van der Waals surface area contributed by atoms with Crippen LogP contribution in [-0.2, 0) is 9.53 Å². The van der Waals surface area contributed by atoms with Crippen LogP contribution in [0.2, 0.25) is 0 Å². The Hall–Kier alpha value is -1.30. The van der Waals surface area contributed by atoms with Crippen molar-refractivity contribution in [2.45, 2.75) is 13.8 Å². The van der Waals surface area contributed by atoms with Crippen LogP contribution in [-0.4, -0.2) is 54.9 Å². The first-order valence-corrected chi connectivity index (χ1v) is 5.89. The molecule has 2 atom stereocenters. The third-order valence-corrected chi connectivity index (χ3v) is 2.94. The molecule has 0 spiro atoms. The number of nitrogens with zero attached hydrogens (tertiary/aromatic N) is 1. The van der Waals surface area contributed by atoms with Crippen LogP contribution in [0.3, 0.4) is 0 Å². The van der Waals surface area contributed by atoms with Crippen molar-refractivity contribution in [3.8, 4) is 0 Å². The number of carbonyl (C=O) groups excluding carboxylic acids is 1. The molecule has 0 aromatic rings. The highest BCUT2D eigenvalue weighted by Gasteiger charge is 2.36. The van der Waals surface area contributed by atoms with E-state index in [1.54, 1.807) is 4.90 Å². The summed E-state index contributed by atoms with van der Waals surface area (Å²) in [6.07, 6.45) is 0. The van der Waals surface area contributed by atoms with Gasteiger partial charge in [-0.2, -0.15) is 0 Å². The van der Waals surface area contributed by atoms with E-state index >= 15 is 0 Å². The number of carbonyl (C=O) groups is 2. The van der Waals surface area contributed by atoms with Crippen LogP contribution in [0.25, 0.3) is 0 Å². The summed E-state index contributed by atoms with van der Waals surface area (Å²) >= 11 is 0. The van der Waals surface area contributed by atoms with E-state index in [1.165, 1.54) is 0 Å². The molecule has 1 fully saturated rings. The first-order valence-electron chi connectivity index (χ1n) is 5.89. The van der Waals surface area contributed by atoms with Gasteiger partial charge in [0.1, 0.15) is 0 Å². The summed E-state index contributed by atoms with van der Waals surface area (Å²) in [5.41, 5.74) is 0. The number of aliphatic carboxylic acids is 1. The maximum Gasteiger partial charge on any atom is 0.317 e. The number of urea groups is 1. The van der Waals surface area contributed by atoms with E-state index in [1.807, 2.05) is 13.8 Å². The van der Waals surface area contributed by atoms with E-state index in [9.17, 15) is 9.59 Å². The molecule has 1 rings (SSSR count). The van der Waals surface area contributed by atoms with Crippen LogP contribution in [0.4, 0.5) is 4.79 Å². The number of nitrogens with one attached hydrogen (secondary N) is 1. The normalized spacial score (nSPS) is 23.8. The number of amides is 2. The first kappa shape index (κ1) is 13.8. The van der Waals surface area contributed by atoms with E-state index < -0.39 is 11.9 Å². The van der Waals surface area contributed by atoms with Crippen molar-refractivity contribution in [1.82, 2.24) is 10.2 Å². The van der Waals surface area contributed by atoms with Gasteiger partial charge in [0.25, 0.3) is 0 Å². The van der Waals surface area contributed by atoms with Gasteiger partial charge in [0.05, 0.1) is 12.5 Å². The number of carboxylic acid groups (broad SMARTS) is 1. The molecule has 0 unspecified atom stereocenters. The zero-order valence-electron chi connectivity index (χ0n) is 10.3. The molecule has 2 amide bonds. The van der Waals surface area contributed by atoms with Crippen molar-refractivity contribution in [3.63, 3.8) is 0 Å². The van der Waals surface area contributed by atoms with Crippen molar-refractivity contribution in [2.24, 2.45) is 11.8 Å². The average Bonchev–Trinajstić information content (AvgIpc) is 2.66. The molecule has 98 valence electrons. The largest absolute Gasteiger partial charge is 0.481 e. The molecule has 1 heterocycles. The van der Waals surface area contributed by atoms with Gasteiger partial charge in [-0.3, -0.25) is 4.79 Å². The van der Waals surface area contributed by atoms with Gasteiger partial charge < -0.3 is 20.1 Å². The summed E-state index contributed by atoms with van der Waals surface area (Å²) in [5, 5.41) is 11.7. The summed E-state index contributed by atoms with van der Waals surface area (Å²) in [4.78, 5) is 24.1. The molecule has 0 saturated carbocycles. The Labute approximate surface area is 101 Å². The fourth-order valence-electron chi connectivity index (χ4n) is 1.94. The van der Waals surface area contributed by atoms with E-state index in [4.69, 9.17) is 9.84 Å². The van der Waals surface area contributed by atoms with Gasteiger partial charge in [-0.1, -0.05) is 6.92 Å². The molecule has 1 aliphatic heterocycles. The second-order valence-electron chi connectivity index (χ2n) is 4.26. The average molecular weight is 244 g/mol. The Morgan fingerprint density at radius 2 is 2.18 bits per heavy atom. The minimum atomic E-state index is -0.831. The van der Waals surface area contributed by atoms with Crippen LogP contribution >= 0.6 is 0 Å². The molecular formula is C11H20N2O4. The van der Waals surface area contributed by atoms with Crippen LogP contribution < -0.4 is 5.32 Å². The van der Waals surface area contributed by atoms with Crippen LogP contribution in [0.1, 0.15) is 13.8 Å². The maximum absolute atomic E-state index is 11.7. The Bertz CT molecular complexity index is 283. The minimum Gasteiger partial charge on any atom is -0.481 e. The predicted octanol–water partition coefficient (Wildman–Crippen LogP) is 0.385. The van der Waals surface area contributed by atoms with E-state index in [-0.39, 0.29) is 18.5 Å². The molecule has 17 heavy (non-hydrogen) atoms. The van der Waals surface area contributed by atoms with E-state index in [0.717, 1.165) is 0 Å². The molecule has 1 aliphatic rings. The topological polar surface area (TPSA) is 78.9 Å². The molecule has 0 radical (unpaired) electrons. The lowest BCUT2D eigenvalue weighted by Gasteiger charge is -2.16. The monoisotopic (exact) mass is 244 g/mol. The second-order valence-corrected chi connectivity index (χ2v) is 4.26. The van der Waals surface area contributed by atoms with Gasteiger partial charge in [0, 0.05) is 26.2 Å². The van der Waals surface area contributed by atoms with Gasteiger partial charge in [-0.15, -0.1) is 0 Å². The summed E-state index contributed by atoms with van der Waals surface area (Å²) < 4.78 is 5.10. The predicted molar refractivity (Wildman–Crippen MR) is 61.8 cm³/mol. The number of ether oxygens (including phenoxy) is 1. The van der Waals surface area contributed by atoms with Crippen molar-refractivity contribution >= 4 is 12.0 Å². The summed E-state index contributed by atoms with van der Waals surface area (Å²) in [6.45, 7) is 6.09. The SMILES string of the molecule is CCOCCNC(=O)N1C[C@@H](C)[C@H](C(=O)O)C1. The molecule has 0 aromatic heterocycles. The third kappa shape index (κ3) is 3.89. The quantitative estimate of drug-likeness (QED) is 0.685. The Morgan fingerprint density at radius 1 is 1.47 bits per heavy atom. The zero-order chi connectivity index (χ0) is 12.8. The lowest BCUT2D eigenvalue weighted by atomic mass is 9.99. The Balaban J connectivity index is 2.32. The van der Waals surface area contributed by atoms with Crippen LogP contribution in [0, 0.1) is 11.8 Å². The molecule has 1 saturated heterocycles. The molecular weight excluding hydrogens is 224 g/mol. The lowest BCUT2D eigenvalue weighted by Crippen LogP contribution is -2.40. The van der Waals surface area contributed by atoms with Gasteiger partial charge in [-0.25, -0.2) is 4.79 Å². The summed E-state index contributed by atoms with van der Waals surface area (Å²) in [5.74, 6) is -1.28. The molecule has 0 aromatic carbocycles. The molecule has 2 N–H and O–H groups in total. The van der Waals surface area contributed by atoms with Crippen molar-refractivity contribution in [3.05, 3.63) is 0 Å². The number of likely N-dealkylation sites (tertiary alicyclic amines) is 1. The highest BCUT2D eigenvalue weighted by Crippen LogP contribution is 2.22. The highest BCUT2D eigenvalue weighted by molar-refractivity contribution is 5.77. The van der Waals surface area contributed by atoms with E-state index in [0.29, 0.717) is 26.3 Å². The summed E-state index contributed by atoms with van der Waals surface area (Å²) in [6, 6.07) is -0.208. The van der Waals surface area contributed by atoms with E-state index in [2.05, 4.69) is 5.32 Å². The molecule has 0 bridgehead atoms. The highest BCUT2D eigenvalue weighted by atomic mass is 16.5. The number of hydrogen-bond donors (Lipinski definition) is 2. The van der Waals surface area contributed by atoms with Gasteiger partial charge in [-0.05, 0) is 12.8 Å². The Morgan fingerprint density at radius 3 is 2.71 bits per heavy atom. The van der Waals surface area contributed by atoms with Crippen molar-refractivity contribution in [2.75, 3.05) is 32.8 Å². The minimum absolute atomic E-state index is 0.00476. The first-order chi connectivity index (χ1) is 8.06. The maximum atomic E-state index is 11.7. The van der Waals surface area contributed by atoms with Crippen molar-refractivity contribution in [1.29, 1.82) is 0 Å². The van der Waals surface area contributed by atoms with Gasteiger partial charge in [0.15, 0.2) is 0 Å². The Kier molecular flexibility index (Phi) is 5.21. The number of rotatable bonds is 5. The fourth-order valence-corrected chi connectivity index (χ4v) is 1.94. The second kappa shape index (κ2) is 6.44. The molecule has 6 nitrogen and oxygen atoms in total. The van der Waals surface area contributed by atoms with Crippen LogP contribution in [0.5, 0.6) is 0 Å². The van der Waals surface area contributed by atoms with Gasteiger partial charge in [0.2, 0.25) is 0 Å². The zero-order valence-corrected chi connectivity index (χ0v) is 10.3. The number of hydrogen-bond acceptors (Lipinski definition) is 3. The summed E-state index contributed by atoms with van der Waals surface area (Å²) in [7, 11) is 0. The smallest absolute Gasteiger partial charge is 0.317 e. The third-order valence-electron chi connectivity index (χ3n) is 2.94. The molecule has 6 heteroatoms. The fraction of sp³-hybridized carbons (Fsp3) is 0.818. The molecule has 0 aliphatic carbocycles. The van der Waals surface area contributed by atoms with Crippen molar-refractivity contribution < 1.29 is 19.4 Å². The lowest BCUT2D eigenvalue weighted by molar-refractivity contribution is -0.142. The van der Waals surface area contributed by atoms with Gasteiger partial charge >= 0.3 is 12.0 Å².